The van der Waals surface area contributed by atoms with Crippen molar-refractivity contribution in [3.8, 4) is 5.75 Å². The fourth-order valence-corrected chi connectivity index (χ4v) is 3.39. The van der Waals surface area contributed by atoms with Crippen LogP contribution in [0.1, 0.15) is 23.5 Å². The quantitative estimate of drug-likeness (QED) is 0.809. The molecule has 0 radical (unpaired) electrons. The van der Waals surface area contributed by atoms with Crippen LogP contribution in [0.25, 0.3) is 0 Å². The predicted molar refractivity (Wildman–Crippen MR) is 88.2 cm³/mol. The first-order valence-corrected chi connectivity index (χ1v) is 8.67. The third-order valence-corrected chi connectivity index (χ3v) is 4.90. The van der Waals surface area contributed by atoms with Crippen molar-refractivity contribution in [1.29, 1.82) is 0 Å². The monoisotopic (exact) mass is 336 g/mol. The van der Waals surface area contributed by atoms with E-state index in [2.05, 4.69) is 15.3 Å². The van der Waals surface area contributed by atoms with E-state index in [1.54, 1.807) is 30.6 Å². The van der Waals surface area contributed by atoms with Gasteiger partial charge in [0.1, 0.15) is 23.2 Å². The van der Waals surface area contributed by atoms with Gasteiger partial charge in [-0.1, -0.05) is 0 Å². The van der Waals surface area contributed by atoms with Crippen molar-refractivity contribution in [3.63, 3.8) is 0 Å². The fraction of sp³-hybridized carbons (Fsp3) is 0.471. The van der Waals surface area contributed by atoms with Crippen LogP contribution >= 0.6 is 11.3 Å². The summed E-state index contributed by atoms with van der Waals surface area (Å²) < 4.78 is 23.9. The first-order valence-electron chi connectivity index (χ1n) is 7.80. The van der Waals surface area contributed by atoms with Crippen molar-refractivity contribution in [1.82, 2.24) is 9.88 Å². The molecule has 2 aromatic rings. The summed E-state index contributed by atoms with van der Waals surface area (Å²) in [6.07, 6.45) is 2.57. The van der Waals surface area contributed by atoms with Gasteiger partial charge in [-0.05, 0) is 37.1 Å². The van der Waals surface area contributed by atoms with Gasteiger partial charge in [-0.3, -0.25) is 4.90 Å². The maximum atomic E-state index is 12.8. The van der Waals surface area contributed by atoms with Crippen LogP contribution in [-0.4, -0.2) is 36.2 Å². The molecular formula is C17H21FN2O2S. The summed E-state index contributed by atoms with van der Waals surface area (Å²) in [5.74, 6) is 0.399. The Hall–Kier alpha value is -1.50. The molecule has 0 saturated carbocycles. The normalized spacial score (nSPS) is 16.6. The number of hydrogen-bond donors (Lipinski definition) is 0. The van der Waals surface area contributed by atoms with Crippen LogP contribution in [0.15, 0.2) is 29.6 Å². The van der Waals surface area contributed by atoms with Gasteiger partial charge in [0.05, 0.1) is 11.8 Å². The van der Waals surface area contributed by atoms with E-state index in [1.165, 1.54) is 12.1 Å². The molecule has 1 saturated heterocycles. The summed E-state index contributed by atoms with van der Waals surface area (Å²) in [6.45, 7) is 3.40. The Bertz CT molecular complexity index is 609. The molecule has 0 amide bonds. The van der Waals surface area contributed by atoms with Crippen molar-refractivity contribution in [2.45, 2.75) is 32.1 Å². The fourth-order valence-electron chi connectivity index (χ4n) is 2.70. The number of likely N-dealkylation sites (tertiary alicyclic amines) is 1. The SMILES string of the molecule is COC1CCN(Cc2csc(COc3ccc(F)cc3)n2)CC1. The number of thiazole rings is 1. The van der Waals surface area contributed by atoms with Gasteiger partial charge < -0.3 is 9.47 Å². The third kappa shape index (κ3) is 4.73. The molecule has 0 bridgehead atoms. The Morgan fingerprint density at radius 1 is 1.26 bits per heavy atom. The molecule has 0 aliphatic carbocycles. The number of benzene rings is 1. The molecule has 2 heterocycles. The maximum Gasteiger partial charge on any atom is 0.140 e. The van der Waals surface area contributed by atoms with Crippen LogP contribution < -0.4 is 4.74 Å². The molecule has 6 heteroatoms. The number of aromatic nitrogens is 1. The lowest BCUT2D eigenvalue weighted by molar-refractivity contribution is 0.0385. The Labute approximate surface area is 139 Å². The average Bonchev–Trinajstić information content (AvgIpc) is 3.02. The molecule has 1 aliphatic heterocycles. The molecule has 4 nitrogen and oxygen atoms in total. The molecule has 0 unspecified atom stereocenters. The number of rotatable bonds is 6. The largest absolute Gasteiger partial charge is 0.486 e. The Morgan fingerprint density at radius 3 is 2.70 bits per heavy atom. The van der Waals surface area contributed by atoms with Gasteiger partial charge in [-0.15, -0.1) is 11.3 Å². The van der Waals surface area contributed by atoms with E-state index in [4.69, 9.17) is 9.47 Å². The van der Waals surface area contributed by atoms with Crippen LogP contribution in [0.5, 0.6) is 5.75 Å². The second-order valence-corrected chi connectivity index (χ2v) is 6.63. The number of piperidine rings is 1. The van der Waals surface area contributed by atoms with E-state index >= 15 is 0 Å². The van der Waals surface area contributed by atoms with E-state index in [-0.39, 0.29) is 5.82 Å². The molecule has 1 aromatic heterocycles. The smallest absolute Gasteiger partial charge is 0.140 e. The number of nitrogens with zero attached hydrogens (tertiary/aromatic N) is 2. The van der Waals surface area contributed by atoms with Gasteiger partial charge in [-0.2, -0.15) is 0 Å². The second kappa shape index (κ2) is 7.86. The highest BCUT2D eigenvalue weighted by molar-refractivity contribution is 7.09. The zero-order valence-electron chi connectivity index (χ0n) is 13.2. The van der Waals surface area contributed by atoms with Crippen molar-refractivity contribution in [3.05, 3.63) is 46.2 Å². The summed E-state index contributed by atoms with van der Waals surface area (Å²) in [5, 5.41) is 3.03. The first kappa shape index (κ1) is 16.4. The standard InChI is InChI=1S/C17H21FN2O2S/c1-21-15-6-8-20(9-7-15)10-14-12-23-17(19-14)11-22-16-4-2-13(18)3-5-16/h2-5,12,15H,6-11H2,1H3. The highest BCUT2D eigenvalue weighted by Gasteiger charge is 2.19. The minimum absolute atomic E-state index is 0.258. The molecule has 0 N–H and O–H groups in total. The molecule has 23 heavy (non-hydrogen) atoms. The molecule has 3 rings (SSSR count). The van der Waals surface area contributed by atoms with Crippen molar-refractivity contribution in [2.24, 2.45) is 0 Å². The zero-order valence-corrected chi connectivity index (χ0v) is 14.0. The lowest BCUT2D eigenvalue weighted by Gasteiger charge is -2.30. The summed E-state index contributed by atoms with van der Waals surface area (Å²) in [4.78, 5) is 7.03. The molecule has 124 valence electrons. The molecule has 1 aliphatic rings. The zero-order chi connectivity index (χ0) is 16.1. The predicted octanol–water partition coefficient (Wildman–Crippen LogP) is 3.47. The van der Waals surface area contributed by atoms with Gasteiger partial charge in [0.2, 0.25) is 0 Å². The Kier molecular flexibility index (Phi) is 5.59. The lowest BCUT2D eigenvalue weighted by Crippen LogP contribution is -2.36. The number of hydrogen-bond acceptors (Lipinski definition) is 5. The molecule has 0 spiro atoms. The minimum Gasteiger partial charge on any atom is -0.486 e. The van der Waals surface area contributed by atoms with Crippen molar-refractivity contribution in [2.75, 3.05) is 20.2 Å². The third-order valence-electron chi connectivity index (χ3n) is 4.03. The average molecular weight is 336 g/mol. The van der Waals surface area contributed by atoms with Gasteiger partial charge >= 0.3 is 0 Å². The van der Waals surface area contributed by atoms with Crippen LogP contribution in [0, 0.1) is 5.82 Å². The van der Waals surface area contributed by atoms with Gasteiger partial charge in [0.25, 0.3) is 0 Å². The minimum atomic E-state index is -0.258. The lowest BCUT2D eigenvalue weighted by atomic mass is 10.1. The van der Waals surface area contributed by atoms with Crippen LogP contribution in [0.4, 0.5) is 4.39 Å². The molecular weight excluding hydrogens is 315 g/mol. The Balaban J connectivity index is 1.47. The van der Waals surface area contributed by atoms with E-state index in [0.29, 0.717) is 18.5 Å². The molecule has 1 fully saturated rings. The highest BCUT2D eigenvalue weighted by atomic mass is 32.1. The van der Waals surface area contributed by atoms with Gasteiger partial charge in [0, 0.05) is 32.1 Å². The summed E-state index contributed by atoms with van der Waals surface area (Å²) in [5.41, 5.74) is 1.09. The number of ether oxygens (including phenoxy) is 2. The van der Waals surface area contributed by atoms with Crippen molar-refractivity contribution < 1.29 is 13.9 Å². The Morgan fingerprint density at radius 2 is 2.00 bits per heavy atom. The van der Waals surface area contributed by atoms with E-state index in [9.17, 15) is 4.39 Å². The second-order valence-electron chi connectivity index (χ2n) is 5.69. The first-order chi connectivity index (χ1) is 11.2. The molecule has 0 atom stereocenters. The van der Waals surface area contributed by atoms with Gasteiger partial charge in [0.15, 0.2) is 0 Å². The van der Waals surface area contributed by atoms with Crippen molar-refractivity contribution >= 4 is 11.3 Å². The summed E-state index contributed by atoms with van der Waals surface area (Å²) >= 11 is 1.60. The number of methoxy groups -OCH3 is 1. The van der Waals surface area contributed by atoms with E-state index in [0.717, 1.165) is 43.2 Å². The summed E-state index contributed by atoms with van der Waals surface area (Å²) in [7, 11) is 1.79. The molecule has 1 aromatic carbocycles. The van der Waals surface area contributed by atoms with E-state index in [1.807, 2.05) is 0 Å². The topological polar surface area (TPSA) is 34.6 Å². The van der Waals surface area contributed by atoms with Crippen LogP contribution in [-0.2, 0) is 17.9 Å². The van der Waals surface area contributed by atoms with Crippen LogP contribution in [0.2, 0.25) is 0 Å². The van der Waals surface area contributed by atoms with Crippen LogP contribution in [0.3, 0.4) is 0 Å². The highest BCUT2D eigenvalue weighted by Crippen LogP contribution is 2.19. The summed E-state index contributed by atoms with van der Waals surface area (Å²) in [6, 6.07) is 6.05. The van der Waals surface area contributed by atoms with E-state index < -0.39 is 0 Å². The van der Waals surface area contributed by atoms with Gasteiger partial charge in [-0.25, -0.2) is 9.37 Å². The maximum absolute atomic E-state index is 12.8. The number of halogens is 1.